The number of β-lactam (4-membered cyclic amide) rings is 1. The summed E-state index contributed by atoms with van der Waals surface area (Å²) in [5.41, 5.74) is 3.37. The molecule has 0 bridgehead atoms. The SMILES string of the molecule is C[C@H]1[C@@H](NC(=O)/C(=N\OC(C)(C)C(=O)O)c2csc(N)n2)C(=O)N1OCS(=O)(=O)O. The van der Waals surface area contributed by atoms with Gasteiger partial charge in [-0.3, -0.25) is 19.0 Å². The van der Waals surface area contributed by atoms with Gasteiger partial charge < -0.3 is 21.0 Å². The second-order valence-corrected chi connectivity index (χ2v) is 8.89. The van der Waals surface area contributed by atoms with Crippen molar-refractivity contribution in [3.05, 3.63) is 11.1 Å². The molecule has 0 radical (unpaired) electrons. The number of carbonyl (C=O) groups excluding carboxylic acids is 2. The van der Waals surface area contributed by atoms with E-state index in [-0.39, 0.29) is 10.8 Å². The number of carboxylic acids is 1. The Morgan fingerprint density at radius 2 is 2.10 bits per heavy atom. The van der Waals surface area contributed by atoms with Gasteiger partial charge in [0.15, 0.2) is 10.8 Å². The van der Waals surface area contributed by atoms with Crippen molar-refractivity contribution in [3.63, 3.8) is 0 Å². The van der Waals surface area contributed by atoms with Crippen molar-refractivity contribution in [2.45, 2.75) is 38.5 Å². The summed E-state index contributed by atoms with van der Waals surface area (Å²) in [5, 5.41) is 17.2. The van der Waals surface area contributed by atoms with Crippen LogP contribution in [0.2, 0.25) is 0 Å². The number of aromatic nitrogens is 1. The first-order valence-electron chi connectivity index (χ1n) is 8.16. The number of thiazole rings is 1. The Bertz CT molecular complexity index is 988. The molecule has 0 aromatic carbocycles. The number of nitrogens with one attached hydrogen (secondary N) is 1. The summed E-state index contributed by atoms with van der Waals surface area (Å²) in [5.74, 6) is -4.16. The molecule has 1 saturated heterocycles. The number of hydrogen-bond acceptors (Lipinski definition) is 11. The number of aliphatic carboxylic acids is 1. The zero-order chi connectivity index (χ0) is 22.9. The summed E-state index contributed by atoms with van der Waals surface area (Å²) in [6.45, 7) is 3.88. The van der Waals surface area contributed by atoms with Crippen molar-refractivity contribution in [1.29, 1.82) is 0 Å². The molecule has 1 aliphatic rings. The van der Waals surface area contributed by atoms with Crippen LogP contribution in [0.3, 0.4) is 0 Å². The number of amides is 2. The molecule has 2 amide bonds. The quantitative estimate of drug-likeness (QED) is 0.147. The fourth-order valence-electron chi connectivity index (χ4n) is 2.09. The van der Waals surface area contributed by atoms with Gasteiger partial charge in [-0.25, -0.2) is 14.8 Å². The van der Waals surface area contributed by atoms with Crippen molar-refractivity contribution in [2.24, 2.45) is 5.16 Å². The molecule has 1 aromatic heterocycles. The van der Waals surface area contributed by atoms with E-state index in [2.05, 4.69) is 15.5 Å². The third-order valence-electron chi connectivity index (χ3n) is 3.82. The van der Waals surface area contributed by atoms with E-state index >= 15 is 0 Å². The van der Waals surface area contributed by atoms with E-state index in [0.717, 1.165) is 11.3 Å². The van der Waals surface area contributed by atoms with Gasteiger partial charge in [0.05, 0.1) is 6.04 Å². The molecule has 16 heteroatoms. The fraction of sp³-hybridized carbons (Fsp3) is 0.500. The number of hydrogen-bond donors (Lipinski definition) is 4. The number of rotatable bonds is 9. The predicted molar refractivity (Wildman–Crippen MR) is 102 cm³/mol. The van der Waals surface area contributed by atoms with Gasteiger partial charge in [-0.05, 0) is 20.8 Å². The highest BCUT2D eigenvalue weighted by atomic mass is 32.2. The molecule has 1 aromatic rings. The van der Waals surface area contributed by atoms with Crippen molar-refractivity contribution >= 4 is 50.1 Å². The number of nitrogens with two attached hydrogens (primary N) is 1. The van der Waals surface area contributed by atoms with Crippen LogP contribution in [-0.2, 0) is 34.2 Å². The van der Waals surface area contributed by atoms with E-state index in [1.165, 1.54) is 26.2 Å². The first kappa shape index (κ1) is 23.5. The first-order chi connectivity index (χ1) is 13.7. The van der Waals surface area contributed by atoms with E-state index in [1.54, 1.807) is 0 Å². The van der Waals surface area contributed by atoms with Crippen molar-refractivity contribution < 1.29 is 42.1 Å². The van der Waals surface area contributed by atoms with Gasteiger partial charge >= 0.3 is 5.97 Å². The Morgan fingerprint density at radius 1 is 1.47 bits per heavy atom. The van der Waals surface area contributed by atoms with Gasteiger partial charge in [-0.2, -0.15) is 8.42 Å². The van der Waals surface area contributed by atoms with E-state index in [0.29, 0.717) is 5.06 Å². The zero-order valence-electron chi connectivity index (χ0n) is 15.9. The van der Waals surface area contributed by atoms with Gasteiger partial charge in [-0.1, -0.05) is 5.16 Å². The summed E-state index contributed by atoms with van der Waals surface area (Å²) >= 11 is 0.997. The smallest absolute Gasteiger partial charge is 0.350 e. The summed E-state index contributed by atoms with van der Waals surface area (Å²) in [6.07, 6.45) is 0. The average Bonchev–Trinajstić information content (AvgIpc) is 3.04. The van der Waals surface area contributed by atoms with Gasteiger partial charge in [0.1, 0.15) is 11.7 Å². The molecular weight excluding hydrogens is 446 g/mol. The number of carbonyl (C=O) groups is 3. The van der Waals surface area contributed by atoms with Crippen LogP contribution < -0.4 is 11.1 Å². The lowest BCUT2D eigenvalue weighted by Crippen LogP contribution is -2.70. The van der Waals surface area contributed by atoms with Crippen LogP contribution in [0.25, 0.3) is 0 Å². The van der Waals surface area contributed by atoms with E-state index < -0.39 is 57.2 Å². The topological polar surface area (TPSA) is 211 Å². The van der Waals surface area contributed by atoms with Gasteiger partial charge in [0.2, 0.25) is 11.5 Å². The molecular formula is C14H19N5O9S2. The molecule has 2 atom stereocenters. The summed E-state index contributed by atoms with van der Waals surface area (Å²) < 4.78 is 30.2. The molecule has 1 aliphatic heterocycles. The minimum Gasteiger partial charge on any atom is -0.478 e. The lowest BCUT2D eigenvalue weighted by atomic mass is 10.00. The minimum atomic E-state index is -4.46. The molecule has 0 spiro atoms. The normalized spacial score (nSPS) is 19.9. The van der Waals surface area contributed by atoms with E-state index in [1.807, 2.05) is 0 Å². The number of carboxylic acid groups (broad SMARTS) is 1. The number of anilines is 1. The monoisotopic (exact) mass is 465 g/mol. The molecule has 30 heavy (non-hydrogen) atoms. The first-order valence-corrected chi connectivity index (χ1v) is 10.6. The third-order valence-corrected chi connectivity index (χ3v) is 4.90. The molecule has 166 valence electrons. The highest BCUT2D eigenvalue weighted by molar-refractivity contribution is 7.85. The Hall–Kier alpha value is -2.82. The van der Waals surface area contributed by atoms with Crippen LogP contribution in [0.5, 0.6) is 0 Å². The molecule has 5 N–H and O–H groups in total. The summed E-state index contributed by atoms with van der Waals surface area (Å²) in [7, 11) is -4.46. The highest BCUT2D eigenvalue weighted by Crippen LogP contribution is 2.21. The zero-order valence-corrected chi connectivity index (χ0v) is 17.6. The van der Waals surface area contributed by atoms with Crippen molar-refractivity contribution in [1.82, 2.24) is 15.4 Å². The largest absolute Gasteiger partial charge is 0.478 e. The molecule has 0 saturated carbocycles. The summed E-state index contributed by atoms with van der Waals surface area (Å²) in [6, 6.07) is -1.88. The lowest BCUT2D eigenvalue weighted by molar-refractivity contribution is -0.224. The maximum Gasteiger partial charge on any atom is 0.350 e. The number of oxime groups is 1. The molecule has 2 heterocycles. The molecule has 1 fully saturated rings. The minimum absolute atomic E-state index is 0.00454. The lowest BCUT2D eigenvalue weighted by Gasteiger charge is -2.43. The van der Waals surface area contributed by atoms with Crippen molar-refractivity contribution in [2.75, 3.05) is 11.7 Å². The number of hydroxylamine groups is 2. The highest BCUT2D eigenvalue weighted by Gasteiger charge is 2.47. The predicted octanol–water partition coefficient (Wildman–Crippen LogP) is -1.20. The van der Waals surface area contributed by atoms with Gasteiger partial charge in [-0.15, -0.1) is 11.3 Å². The van der Waals surface area contributed by atoms with Crippen LogP contribution in [0.1, 0.15) is 26.5 Å². The fourth-order valence-corrected chi connectivity index (χ4v) is 2.89. The maximum absolute atomic E-state index is 12.7. The average molecular weight is 465 g/mol. The van der Waals surface area contributed by atoms with Crippen LogP contribution in [-0.4, -0.2) is 75.2 Å². The molecule has 0 unspecified atom stereocenters. The Labute approximate surface area is 174 Å². The number of nitrogens with zero attached hydrogens (tertiary/aromatic N) is 3. The summed E-state index contributed by atoms with van der Waals surface area (Å²) in [4.78, 5) is 49.5. The van der Waals surface area contributed by atoms with Crippen LogP contribution in [0.4, 0.5) is 5.13 Å². The van der Waals surface area contributed by atoms with Crippen molar-refractivity contribution in [3.8, 4) is 0 Å². The maximum atomic E-state index is 12.7. The number of nitrogen functional groups attached to an aromatic ring is 1. The second kappa shape index (κ2) is 8.50. The van der Waals surface area contributed by atoms with Crippen LogP contribution in [0.15, 0.2) is 10.5 Å². The van der Waals surface area contributed by atoms with Crippen LogP contribution >= 0.6 is 11.3 Å². The molecule has 14 nitrogen and oxygen atoms in total. The second-order valence-electron chi connectivity index (χ2n) is 6.60. The van der Waals surface area contributed by atoms with E-state index in [9.17, 15) is 22.8 Å². The Morgan fingerprint density at radius 3 is 2.57 bits per heavy atom. The Balaban J connectivity index is 2.16. The molecule has 2 rings (SSSR count). The Kier molecular flexibility index (Phi) is 6.65. The van der Waals surface area contributed by atoms with Gasteiger partial charge in [0.25, 0.3) is 21.9 Å². The van der Waals surface area contributed by atoms with Crippen LogP contribution in [0, 0.1) is 0 Å². The third kappa shape index (κ3) is 5.41. The van der Waals surface area contributed by atoms with E-state index in [4.69, 9.17) is 25.1 Å². The molecule has 0 aliphatic carbocycles. The van der Waals surface area contributed by atoms with Gasteiger partial charge in [0, 0.05) is 5.38 Å². The standard InChI is InChI=1S/C14H19N5O9S2/c1-6-8(11(21)19(6)27-5-30(24,25)26)17-10(20)9(7-4-29-13(15)16-7)18-28-14(2,3)12(22)23/h4,6,8H,5H2,1-3H3,(H2,15,16)(H,17,20)(H,22,23)(H,24,25,26)/b18-9-/t6-,8+/m0/s1.